The zero-order valence-electron chi connectivity index (χ0n) is 15.1. The fraction of sp³-hybridized carbons (Fsp3) is 0.368. The van der Waals surface area contributed by atoms with E-state index in [1.54, 1.807) is 24.3 Å². The smallest absolute Gasteiger partial charge is 0.408 e. The SMILES string of the molecule is C=CC[C@@]1(CCC#N)C(=O)N(C(=O)c2ccc(OC)cc2)CCN1C(=O)O. The van der Waals surface area contributed by atoms with Crippen molar-refractivity contribution in [3.63, 3.8) is 0 Å². The van der Waals surface area contributed by atoms with E-state index in [9.17, 15) is 19.5 Å². The van der Waals surface area contributed by atoms with Gasteiger partial charge in [-0.2, -0.15) is 5.26 Å². The van der Waals surface area contributed by atoms with E-state index in [1.165, 1.54) is 13.2 Å². The largest absolute Gasteiger partial charge is 0.497 e. The predicted octanol–water partition coefficient (Wildman–Crippen LogP) is 2.28. The minimum atomic E-state index is -1.51. The van der Waals surface area contributed by atoms with Gasteiger partial charge < -0.3 is 9.84 Å². The quantitative estimate of drug-likeness (QED) is 0.607. The number of carbonyl (C=O) groups excluding carboxylic acids is 2. The van der Waals surface area contributed by atoms with Gasteiger partial charge in [-0.25, -0.2) is 4.79 Å². The number of piperazine rings is 1. The highest BCUT2D eigenvalue weighted by atomic mass is 16.5. The maximum Gasteiger partial charge on any atom is 0.408 e. The van der Waals surface area contributed by atoms with E-state index in [0.717, 1.165) is 9.80 Å². The van der Waals surface area contributed by atoms with Crippen LogP contribution < -0.4 is 4.74 Å². The average molecular weight is 371 g/mol. The van der Waals surface area contributed by atoms with E-state index in [4.69, 9.17) is 10.00 Å². The maximum absolute atomic E-state index is 13.2. The lowest BCUT2D eigenvalue weighted by Crippen LogP contribution is -2.67. The molecule has 0 radical (unpaired) electrons. The summed E-state index contributed by atoms with van der Waals surface area (Å²) in [5.41, 5.74) is -1.22. The maximum atomic E-state index is 13.2. The van der Waals surface area contributed by atoms with Crippen molar-refractivity contribution in [3.8, 4) is 11.8 Å². The molecular weight excluding hydrogens is 350 g/mol. The summed E-state index contributed by atoms with van der Waals surface area (Å²) in [6, 6.07) is 8.25. The number of carbonyl (C=O) groups is 3. The fourth-order valence-electron chi connectivity index (χ4n) is 3.29. The first-order valence-corrected chi connectivity index (χ1v) is 8.40. The van der Waals surface area contributed by atoms with E-state index in [-0.39, 0.29) is 32.4 Å². The van der Waals surface area contributed by atoms with E-state index < -0.39 is 23.4 Å². The Morgan fingerprint density at radius 2 is 2.04 bits per heavy atom. The van der Waals surface area contributed by atoms with Crippen LogP contribution in [0, 0.1) is 11.3 Å². The number of rotatable bonds is 6. The van der Waals surface area contributed by atoms with Crippen LogP contribution in [-0.4, -0.2) is 58.6 Å². The topological polar surface area (TPSA) is 111 Å². The number of imide groups is 1. The van der Waals surface area contributed by atoms with Crippen molar-refractivity contribution in [2.24, 2.45) is 0 Å². The van der Waals surface area contributed by atoms with E-state index in [1.807, 2.05) is 6.07 Å². The first kappa shape index (κ1) is 20.0. The van der Waals surface area contributed by atoms with Gasteiger partial charge in [0.15, 0.2) is 0 Å². The molecule has 142 valence electrons. The molecule has 2 rings (SSSR count). The molecule has 8 heteroatoms. The van der Waals surface area contributed by atoms with Crippen LogP contribution in [-0.2, 0) is 4.79 Å². The highest BCUT2D eigenvalue weighted by Crippen LogP contribution is 2.33. The van der Waals surface area contributed by atoms with Crippen molar-refractivity contribution in [2.45, 2.75) is 24.8 Å². The summed E-state index contributed by atoms with van der Waals surface area (Å²) in [5, 5.41) is 18.5. The van der Waals surface area contributed by atoms with E-state index >= 15 is 0 Å². The molecule has 1 aromatic rings. The molecule has 1 aliphatic rings. The van der Waals surface area contributed by atoms with Gasteiger partial charge >= 0.3 is 6.09 Å². The van der Waals surface area contributed by atoms with Crippen LogP contribution in [0.15, 0.2) is 36.9 Å². The number of hydrogen-bond acceptors (Lipinski definition) is 5. The van der Waals surface area contributed by atoms with Gasteiger partial charge in [0.25, 0.3) is 11.8 Å². The molecule has 1 atom stereocenters. The van der Waals surface area contributed by atoms with Crippen molar-refractivity contribution in [3.05, 3.63) is 42.5 Å². The van der Waals surface area contributed by atoms with Crippen LogP contribution in [0.1, 0.15) is 29.6 Å². The van der Waals surface area contributed by atoms with Crippen molar-refractivity contribution in [2.75, 3.05) is 20.2 Å². The Balaban J connectivity index is 2.40. The lowest BCUT2D eigenvalue weighted by Gasteiger charge is -2.47. The van der Waals surface area contributed by atoms with E-state index in [2.05, 4.69) is 6.58 Å². The highest BCUT2D eigenvalue weighted by molar-refractivity contribution is 6.08. The van der Waals surface area contributed by atoms with Crippen molar-refractivity contribution < 1.29 is 24.2 Å². The third kappa shape index (κ3) is 3.77. The van der Waals surface area contributed by atoms with Gasteiger partial charge in [0.05, 0.1) is 13.2 Å². The van der Waals surface area contributed by atoms with Crippen molar-refractivity contribution in [1.82, 2.24) is 9.80 Å². The Bertz CT molecular complexity index is 784. The van der Waals surface area contributed by atoms with Gasteiger partial charge in [-0.3, -0.25) is 19.4 Å². The van der Waals surface area contributed by atoms with Crippen LogP contribution >= 0.6 is 0 Å². The van der Waals surface area contributed by atoms with Gasteiger partial charge in [-0.15, -0.1) is 6.58 Å². The number of amides is 3. The third-order valence-corrected chi connectivity index (χ3v) is 4.65. The lowest BCUT2D eigenvalue weighted by molar-refractivity contribution is -0.146. The molecule has 1 heterocycles. The third-order valence-electron chi connectivity index (χ3n) is 4.65. The molecule has 3 amide bonds. The van der Waals surface area contributed by atoms with Crippen LogP contribution in [0.5, 0.6) is 5.75 Å². The molecule has 0 unspecified atom stereocenters. The lowest BCUT2D eigenvalue weighted by atomic mass is 9.84. The molecule has 1 aromatic carbocycles. The number of benzene rings is 1. The normalized spacial score (nSPS) is 19.3. The minimum Gasteiger partial charge on any atom is -0.497 e. The van der Waals surface area contributed by atoms with Gasteiger partial charge in [-0.05, 0) is 37.1 Å². The summed E-state index contributed by atoms with van der Waals surface area (Å²) in [4.78, 5) is 39.9. The molecule has 0 aromatic heterocycles. The van der Waals surface area contributed by atoms with Crippen LogP contribution in [0.25, 0.3) is 0 Å². The van der Waals surface area contributed by atoms with Crippen LogP contribution in [0.3, 0.4) is 0 Å². The zero-order valence-corrected chi connectivity index (χ0v) is 15.1. The molecule has 1 fully saturated rings. The Morgan fingerprint density at radius 3 is 2.56 bits per heavy atom. The molecule has 1 saturated heterocycles. The molecule has 0 aliphatic carbocycles. The van der Waals surface area contributed by atoms with Gasteiger partial charge in [0, 0.05) is 25.1 Å². The molecule has 0 spiro atoms. The molecule has 0 saturated carbocycles. The predicted molar refractivity (Wildman–Crippen MR) is 96.2 cm³/mol. The zero-order chi connectivity index (χ0) is 20.0. The molecule has 8 nitrogen and oxygen atoms in total. The summed E-state index contributed by atoms with van der Waals surface area (Å²) in [6.07, 6.45) is 0.166. The van der Waals surface area contributed by atoms with E-state index in [0.29, 0.717) is 11.3 Å². The second-order valence-corrected chi connectivity index (χ2v) is 6.11. The summed E-state index contributed by atoms with van der Waals surface area (Å²) < 4.78 is 5.06. The highest BCUT2D eigenvalue weighted by Gasteiger charge is 2.51. The number of methoxy groups -OCH3 is 1. The minimum absolute atomic E-state index is 0.00690. The molecule has 27 heavy (non-hydrogen) atoms. The van der Waals surface area contributed by atoms with Gasteiger partial charge in [0.2, 0.25) is 0 Å². The Kier molecular flexibility index (Phi) is 6.19. The summed E-state index contributed by atoms with van der Waals surface area (Å²) in [6.45, 7) is 3.53. The van der Waals surface area contributed by atoms with Gasteiger partial charge in [0.1, 0.15) is 11.3 Å². The second kappa shape index (κ2) is 8.36. The Hall–Kier alpha value is -3.34. The van der Waals surface area contributed by atoms with Crippen molar-refractivity contribution in [1.29, 1.82) is 5.26 Å². The molecular formula is C19H21N3O5. The summed E-state index contributed by atoms with van der Waals surface area (Å²) in [7, 11) is 1.50. The van der Waals surface area contributed by atoms with Crippen LogP contribution in [0.2, 0.25) is 0 Å². The number of ether oxygens (including phenoxy) is 1. The Labute approximate surface area is 157 Å². The average Bonchev–Trinajstić information content (AvgIpc) is 2.67. The first-order chi connectivity index (χ1) is 12.9. The molecule has 1 aliphatic heterocycles. The van der Waals surface area contributed by atoms with Gasteiger partial charge in [-0.1, -0.05) is 6.08 Å². The monoisotopic (exact) mass is 371 g/mol. The second-order valence-electron chi connectivity index (χ2n) is 6.11. The fourth-order valence-corrected chi connectivity index (χ4v) is 3.29. The molecule has 0 bridgehead atoms. The van der Waals surface area contributed by atoms with Crippen molar-refractivity contribution >= 4 is 17.9 Å². The Morgan fingerprint density at radius 1 is 1.37 bits per heavy atom. The standard InChI is InChI=1S/C19H21N3O5/c1-3-9-19(10-4-11-20)17(24)21(12-13-22(19)18(25)26)16(23)14-5-7-15(27-2)8-6-14/h3,5-8H,1,4,9-10,12-13H2,2H3,(H,25,26)/t19-/m1/s1. The number of carboxylic acid groups (broad SMARTS) is 1. The number of hydrogen-bond donors (Lipinski definition) is 1. The number of nitrogens with zero attached hydrogens (tertiary/aromatic N) is 3. The summed E-state index contributed by atoms with van der Waals surface area (Å²) >= 11 is 0. The summed E-state index contributed by atoms with van der Waals surface area (Å²) in [5.74, 6) is -0.575. The van der Waals surface area contributed by atoms with Crippen LogP contribution in [0.4, 0.5) is 4.79 Å². The first-order valence-electron chi connectivity index (χ1n) is 8.40. The molecule has 1 N–H and O–H groups in total. The number of nitriles is 1.